The van der Waals surface area contributed by atoms with Crippen LogP contribution in [0.3, 0.4) is 0 Å². The average molecular weight is 219 g/mol. The molecule has 0 aliphatic heterocycles. The largest absolute Gasteiger partial charge is 0.336 e. The van der Waals surface area contributed by atoms with E-state index in [1.165, 1.54) is 0 Å². The fraction of sp³-hybridized carbons (Fsp3) is 0.545. The van der Waals surface area contributed by atoms with Crippen molar-refractivity contribution in [2.45, 2.75) is 39.3 Å². The minimum atomic E-state index is 0.0628. The van der Waals surface area contributed by atoms with Crippen molar-refractivity contribution in [1.82, 2.24) is 24.5 Å². The van der Waals surface area contributed by atoms with Gasteiger partial charge in [-0.05, 0) is 0 Å². The third-order valence-corrected chi connectivity index (χ3v) is 2.45. The van der Waals surface area contributed by atoms with E-state index in [1.807, 2.05) is 28.0 Å². The predicted octanol–water partition coefficient (Wildman–Crippen LogP) is 1.47. The average Bonchev–Trinajstić information content (AvgIpc) is 2.85. The SMILES string of the molecule is CC(C)(C)c1cn(CCn2ccnc2)nn1. The van der Waals surface area contributed by atoms with Gasteiger partial charge >= 0.3 is 0 Å². The molecule has 86 valence electrons. The van der Waals surface area contributed by atoms with Crippen molar-refractivity contribution in [3.63, 3.8) is 0 Å². The van der Waals surface area contributed by atoms with Gasteiger partial charge in [0.05, 0.1) is 18.6 Å². The Labute approximate surface area is 95.1 Å². The number of hydrogen-bond donors (Lipinski definition) is 0. The smallest absolute Gasteiger partial charge is 0.0946 e. The normalized spacial score (nSPS) is 11.9. The lowest BCUT2D eigenvalue weighted by molar-refractivity contribution is 0.519. The Morgan fingerprint density at radius 1 is 1.25 bits per heavy atom. The fourth-order valence-corrected chi connectivity index (χ4v) is 1.39. The maximum Gasteiger partial charge on any atom is 0.0946 e. The highest BCUT2D eigenvalue weighted by Gasteiger charge is 2.17. The molecule has 0 bridgehead atoms. The third-order valence-electron chi connectivity index (χ3n) is 2.45. The topological polar surface area (TPSA) is 48.5 Å². The zero-order chi connectivity index (χ0) is 11.6. The van der Waals surface area contributed by atoms with E-state index in [0.717, 1.165) is 18.8 Å². The highest BCUT2D eigenvalue weighted by Crippen LogP contribution is 2.18. The van der Waals surface area contributed by atoms with E-state index in [-0.39, 0.29) is 5.41 Å². The number of hydrogen-bond acceptors (Lipinski definition) is 3. The predicted molar refractivity (Wildman–Crippen MR) is 60.9 cm³/mol. The molecule has 0 N–H and O–H groups in total. The quantitative estimate of drug-likeness (QED) is 0.785. The first-order valence-electron chi connectivity index (χ1n) is 5.42. The first-order valence-corrected chi connectivity index (χ1v) is 5.42. The van der Waals surface area contributed by atoms with Crippen LogP contribution in [0.5, 0.6) is 0 Å². The molecule has 0 saturated heterocycles. The minimum Gasteiger partial charge on any atom is -0.336 e. The van der Waals surface area contributed by atoms with Crippen LogP contribution in [0.4, 0.5) is 0 Å². The summed E-state index contributed by atoms with van der Waals surface area (Å²) in [6.45, 7) is 8.10. The van der Waals surface area contributed by atoms with Crippen molar-refractivity contribution in [2.24, 2.45) is 0 Å². The lowest BCUT2D eigenvalue weighted by atomic mass is 9.93. The molecular weight excluding hydrogens is 202 g/mol. The van der Waals surface area contributed by atoms with Gasteiger partial charge in [0.15, 0.2) is 0 Å². The number of rotatable bonds is 3. The summed E-state index contributed by atoms with van der Waals surface area (Å²) >= 11 is 0. The maximum absolute atomic E-state index is 4.18. The third kappa shape index (κ3) is 2.48. The summed E-state index contributed by atoms with van der Waals surface area (Å²) in [5.41, 5.74) is 1.09. The van der Waals surface area contributed by atoms with Crippen molar-refractivity contribution < 1.29 is 0 Å². The zero-order valence-corrected chi connectivity index (χ0v) is 9.96. The van der Waals surface area contributed by atoms with E-state index in [0.29, 0.717) is 0 Å². The summed E-state index contributed by atoms with van der Waals surface area (Å²) in [5.74, 6) is 0. The molecule has 2 aromatic rings. The Balaban J connectivity index is 1.98. The van der Waals surface area contributed by atoms with Crippen molar-refractivity contribution in [1.29, 1.82) is 0 Å². The second kappa shape index (κ2) is 4.08. The highest BCUT2D eigenvalue weighted by molar-refractivity contribution is 5.06. The molecule has 5 heteroatoms. The molecule has 0 spiro atoms. The van der Waals surface area contributed by atoms with Gasteiger partial charge in [0.2, 0.25) is 0 Å². The molecule has 0 radical (unpaired) electrons. The Bertz CT molecular complexity index is 435. The summed E-state index contributed by atoms with van der Waals surface area (Å²) in [5, 5.41) is 8.29. The molecule has 0 aliphatic carbocycles. The molecule has 2 heterocycles. The number of aryl methyl sites for hydroxylation is 2. The van der Waals surface area contributed by atoms with E-state index in [9.17, 15) is 0 Å². The fourth-order valence-electron chi connectivity index (χ4n) is 1.39. The molecule has 16 heavy (non-hydrogen) atoms. The van der Waals surface area contributed by atoms with Crippen LogP contribution in [0.25, 0.3) is 0 Å². The first-order chi connectivity index (χ1) is 7.55. The van der Waals surface area contributed by atoms with Gasteiger partial charge in [-0.25, -0.2) is 4.98 Å². The summed E-state index contributed by atoms with van der Waals surface area (Å²) < 4.78 is 3.90. The standard InChI is InChI=1S/C11H17N5/c1-11(2,3)10-8-16(14-13-10)7-6-15-5-4-12-9-15/h4-5,8-9H,6-7H2,1-3H3. The molecule has 2 rings (SSSR count). The van der Waals surface area contributed by atoms with Gasteiger partial charge in [0, 0.05) is 30.6 Å². The van der Waals surface area contributed by atoms with Crippen molar-refractivity contribution in [3.8, 4) is 0 Å². The molecule has 0 aromatic carbocycles. The van der Waals surface area contributed by atoms with Gasteiger partial charge in [-0.3, -0.25) is 4.68 Å². The van der Waals surface area contributed by atoms with Crippen LogP contribution in [0.2, 0.25) is 0 Å². The van der Waals surface area contributed by atoms with Crippen LogP contribution >= 0.6 is 0 Å². The molecule has 2 aromatic heterocycles. The summed E-state index contributed by atoms with van der Waals surface area (Å²) in [7, 11) is 0. The molecule has 0 atom stereocenters. The monoisotopic (exact) mass is 219 g/mol. The molecule has 0 aliphatic rings. The molecule has 0 unspecified atom stereocenters. The van der Waals surface area contributed by atoms with Crippen LogP contribution in [0.1, 0.15) is 26.5 Å². The summed E-state index contributed by atoms with van der Waals surface area (Å²) in [6, 6.07) is 0. The second-order valence-corrected chi connectivity index (χ2v) is 4.92. The number of aromatic nitrogens is 5. The first kappa shape index (κ1) is 10.9. The van der Waals surface area contributed by atoms with Crippen LogP contribution in [-0.4, -0.2) is 24.5 Å². The minimum absolute atomic E-state index is 0.0628. The van der Waals surface area contributed by atoms with E-state index < -0.39 is 0 Å². The lowest BCUT2D eigenvalue weighted by Crippen LogP contribution is -2.11. The molecular formula is C11H17N5. The van der Waals surface area contributed by atoms with Crippen LogP contribution in [-0.2, 0) is 18.5 Å². The molecule has 5 nitrogen and oxygen atoms in total. The Morgan fingerprint density at radius 2 is 2.06 bits per heavy atom. The van der Waals surface area contributed by atoms with E-state index in [4.69, 9.17) is 0 Å². The van der Waals surface area contributed by atoms with Gasteiger partial charge in [0.25, 0.3) is 0 Å². The maximum atomic E-state index is 4.18. The van der Waals surface area contributed by atoms with Crippen molar-refractivity contribution >= 4 is 0 Å². The van der Waals surface area contributed by atoms with Crippen LogP contribution in [0, 0.1) is 0 Å². The van der Waals surface area contributed by atoms with Gasteiger partial charge in [-0.2, -0.15) is 0 Å². The molecule has 0 saturated carbocycles. The van der Waals surface area contributed by atoms with E-state index in [2.05, 4.69) is 36.1 Å². The Morgan fingerprint density at radius 3 is 2.62 bits per heavy atom. The van der Waals surface area contributed by atoms with Gasteiger partial charge < -0.3 is 4.57 Å². The second-order valence-electron chi connectivity index (χ2n) is 4.92. The van der Waals surface area contributed by atoms with Crippen molar-refractivity contribution in [3.05, 3.63) is 30.6 Å². The van der Waals surface area contributed by atoms with E-state index in [1.54, 1.807) is 6.20 Å². The Hall–Kier alpha value is -1.65. The summed E-state index contributed by atoms with van der Waals surface area (Å²) in [6.07, 6.45) is 7.54. The van der Waals surface area contributed by atoms with Gasteiger partial charge in [-0.15, -0.1) is 5.10 Å². The van der Waals surface area contributed by atoms with Gasteiger partial charge in [-0.1, -0.05) is 26.0 Å². The lowest BCUT2D eigenvalue weighted by Gasteiger charge is -2.12. The van der Waals surface area contributed by atoms with Gasteiger partial charge in [0.1, 0.15) is 0 Å². The Kier molecular flexibility index (Phi) is 2.77. The number of imidazole rings is 1. The summed E-state index contributed by atoms with van der Waals surface area (Å²) in [4.78, 5) is 4.00. The van der Waals surface area contributed by atoms with Crippen LogP contribution < -0.4 is 0 Å². The van der Waals surface area contributed by atoms with Crippen LogP contribution in [0.15, 0.2) is 24.9 Å². The number of nitrogens with zero attached hydrogens (tertiary/aromatic N) is 5. The van der Waals surface area contributed by atoms with Crippen molar-refractivity contribution in [2.75, 3.05) is 0 Å². The molecule has 0 fully saturated rings. The van der Waals surface area contributed by atoms with E-state index >= 15 is 0 Å². The highest BCUT2D eigenvalue weighted by atomic mass is 15.4. The zero-order valence-electron chi connectivity index (χ0n) is 9.96. The molecule has 0 amide bonds.